The van der Waals surface area contributed by atoms with Gasteiger partial charge in [-0.05, 0) is 30.7 Å². The summed E-state index contributed by atoms with van der Waals surface area (Å²) in [6.07, 6.45) is 3.27. The molecule has 3 rings (SSSR count). The lowest BCUT2D eigenvalue weighted by molar-refractivity contribution is 0.0814. The number of benzene rings is 1. The van der Waals surface area contributed by atoms with Gasteiger partial charge < -0.3 is 37.3 Å². The van der Waals surface area contributed by atoms with Crippen molar-refractivity contribution < 1.29 is 9.53 Å². The fraction of sp³-hybridized carbons (Fsp3) is 0.368. The zero-order valence-corrected chi connectivity index (χ0v) is 18.4. The number of anilines is 3. The Morgan fingerprint density at radius 3 is 2.87 bits per heavy atom. The van der Waals surface area contributed by atoms with Crippen LogP contribution in [0, 0.1) is 0 Å². The van der Waals surface area contributed by atoms with E-state index in [1.807, 2.05) is 13.0 Å². The Morgan fingerprint density at radius 1 is 1.45 bits per heavy atom. The largest absolute Gasteiger partial charge is 0.397 e. The maximum atomic E-state index is 12.7. The molecular formula is C19H28ClN9O2. The second kappa shape index (κ2) is 9.33. The van der Waals surface area contributed by atoms with E-state index in [4.69, 9.17) is 33.6 Å². The van der Waals surface area contributed by atoms with Crippen molar-refractivity contribution in [1.29, 1.82) is 0 Å². The minimum Gasteiger partial charge on any atom is -0.397 e. The van der Waals surface area contributed by atoms with Crippen LogP contribution in [0.25, 0.3) is 5.70 Å². The van der Waals surface area contributed by atoms with Gasteiger partial charge in [0.15, 0.2) is 5.82 Å². The van der Waals surface area contributed by atoms with Crippen molar-refractivity contribution in [2.24, 2.45) is 5.84 Å². The molecule has 168 valence electrons. The molecule has 0 radical (unpaired) electrons. The number of carbonyl (C=O) groups is 1. The smallest absolute Gasteiger partial charge is 0.271 e. The third-order valence-electron chi connectivity index (χ3n) is 4.71. The summed E-state index contributed by atoms with van der Waals surface area (Å²) in [5, 5.41) is 7.32. The number of nitrogens with two attached hydrogens (primary N) is 3. The lowest BCUT2D eigenvalue weighted by atomic mass is 10.1. The number of aromatic nitrogens is 2. The number of rotatable bonds is 8. The molecular weight excluding hydrogens is 422 g/mol. The number of hydrazine groups is 1. The lowest BCUT2D eigenvalue weighted by Gasteiger charge is -2.23. The number of nitrogen functional groups attached to an aromatic ring is 2. The molecule has 0 aliphatic carbocycles. The Hall–Kier alpha value is -3.15. The zero-order valence-electron chi connectivity index (χ0n) is 17.6. The van der Waals surface area contributed by atoms with E-state index < -0.39 is 5.50 Å². The SMILES string of the molecule is CNC1=CC(Cl)Nn2c(C(=O)NC(C)COCc3cc(N)c(N)c(N(C)N)c3)cnc21. The Labute approximate surface area is 185 Å². The number of fused-ring (bicyclic) bond motifs is 1. The van der Waals surface area contributed by atoms with Crippen LogP contribution >= 0.6 is 11.6 Å². The molecule has 0 bridgehead atoms. The molecule has 0 saturated heterocycles. The number of nitrogens with one attached hydrogen (secondary N) is 3. The van der Waals surface area contributed by atoms with E-state index >= 15 is 0 Å². The number of alkyl halides is 1. The van der Waals surface area contributed by atoms with E-state index in [1.165, 1.54) is 11.2 Å². The third kappa shape index (κ3) is 4.95. The first-order valence-corrected chi connectivity index (χ1v) is 10.1. The highest BCUT2D eigenvalue weighted by Gasteiger charge is 2.24. The van der Waals surface area contributed by atoms with Crippen molar-refractivity contribution in [3.05, 3.63) is 41.5 Å². The molecule has 2 unspecified atom stereocenters. The van der Waals surface area contributed by atoms with E-state index in [0.717, 1.165) is 11.3 Å². The number of imidazole rings is 1. The van der Waals surface area contributed by atoms with Gasteiger partial charge in [0.2, 0.25) is 0 Å². The van der Waals surface area contributed by atoms with E-state index in [-0.39, 0.29) is 18.6 Å². The van der Waals surface area contributed by atoms with Crippen molar-refractivity contribution in [2.45, 2.75) is 25.1 Å². The number of hydrogen-bond acceptors (Lipinski definition) is 9. The first kappa shape index (κ1) is 22.5. The van der Waals surface area contributed by atoms with Gasteiger partial charge in [0.05, 0.1) is 42.2 Å². The summed E-state index contributed by atoms with van der Waals surface area (Å²) >= 11 is 6.18. The fourth-order valence-corrected chi connectivity index (χ4v) is 3.42. The molecule has 1 aliphatic rings. The molecule has 9 N–H and O–H groups in total. The second-order valence-electron chi connectivity index (χ2n) is 7.28. The summed E-state index contributed by atoms with van der Waals surface area (Å²) in [4.78, 5) is 17.0. The Kier molecular flexibility index (Phi) is 6.78. The van der Waals surface area contributed by atoms with Crippen molar-refractivity contribution >= 4 is 40.3 Å². The van der Waals surface area contributed by atoms with Gasteiger partial charge in [-0.25, -0.2) is 15.5 Å². The second-order valence-corrected chi connectivity index (χ2v) is 7.75. The van der Waals surface area contributed by atoms with Gasteiger partial charge in [-0.2, -0.15) is 0 Å². The van der Waals surface area contributed by atoms with Gasteiger partial charge in [0.1, 0.15) is 11.2 Å². The summed E-state index contributed by atoms with van der Waals surface area (Å²) in [7, 11) is 3.45. The highest BCUT2D eigenvalue weighted by atomic mass is 35.5. The number of carbonyl (C=O) groups excluding carboxylic acids is 1. The zero-order chi connectivity index (χ0) is 22.7. The molecule has 0 fully saturated rings. The predicted octanol–water partition coefficient (Wildman–Crippen LogP) is 0.375. The van der Waals surface area contributed by atoms with Crippen LogP contribution in [0.4, 0.5) is 17.1 Å². The lowest BCUT2D eigenvalue weighted by Crippen LogP contribution is -2.39. The maximum Gasteiger partial charge on any atom is 0.271 e. The Morgan fingerprint density at radius 2 is 2.19 bits per heavy atom. The van der Waals surface area contributed by atoms with Crippen LogP contribution in [0.15, 0.2) is 24.4 Å². The molecule has 1 aromatic carbocycles. The van der Waals surface area contributed by atoms with Crippen LogP contribution in [0.5, 0.6) is 0 Å². The number of nitrogens with zero attached hydrogens (tertiary/aromatic N) is 3. The molecule has 31 heavy (non-hydrogen) atoms. The predicted molar refractivity (Wildman–Crippen MR) is 123 cm³/mol. The molecule has 1 aromatic heterocycles. The van der Waals surface area contributed by atoms with Crippen LogP contribution in [0.1, 0.15) is 28.8 Å². The number of hydrogen-bond donors (Lipinski definition) is 6. The van der Waals surface area contributed by atoms with Gasteiger partial charge in [-0.15, -0.1) is 0 Å². The van der Waals surface area contributed by atoms with E-state index in [2.05, 4.69) is 21.0 Å². The third-order valence-corrected chi connectivity index (χ3v) is 4.94. The quantitative estimate of drug-likeness (QED) is 0.110. The van der Waals surface area contributed by atoms with Crippen LogP contribution in [0.2, 0.25) is 0 Å². The summed E-state index contributed by atoms with van der Waals surface area (Å²) < 4.78 is 7.31. The van der Waals surface area contributed by atoms with Crippen LogP contribution in [0.3, 0.4) is 0 Å². The molecule has 2 heterocycles. The van der Waals surface area contributed by atoms with E-state index in [0.29, 0.717) is 35.2 Å². The first-order chi connectivity index (χ1) is 14.7. The van der Waals surface area contributed by atoms with Gasteiger partial charge in [-0.3, -0.25) is 4.79 Å². The number of ether oxygens (including phenoxy) is 1. The van der Waals surface area contributed by atoms with Crippen LogP contribution in [-0.2, 0) is 11.3 Å². The van der Waals surface area contributed by atoms with E-state index in [1.54, 1.807) is 30.9 Å². The summed E-state index contributed by atoms with van der Waals surface area (Å²) in [6.45, 7) is 2.43. The molecule has 1 amide bonds. The van der Waals surface area contributed by atoms with Crippen LogP contribution in [-0.4, -0.2) is 47.8 Å². The Bertz CT molecular complexity index is 989. The van der Waals surface area contributed by atoms with Gasteiger partial charge in [0, 0.05) is 20.1 Å². The minimum absolute atomic E-state index is 0.254. The highest BCUT2D eigenvalue weighted by molar-refractivity contribution is 6.23. The van der Waals surface area contributed by atoms with Crippen molar-refractivity contribution in [1.82, 2.24) is 20.3 Å². The highest BCUT2D eigenvalue weighted by Crippen LogP contribution is 2.29. The van der Waals surface area contributed by atoms with Crippen molar-refractivity contribution in [3.63, 3.8) is 0 Å². The molecule has 11 nitrogen and oxygen atoms in total. The molecule has 2 atom stereocenters. The summed E-state index contributed by atoms with van der Waals surface area (Å²) in [6, 6.07) is 3.30. The molecule has 0 spiro atoms. The average molecular weight is 450 g/mol. The first-order valence-electron chi connectivity index (χ1n) is 9.64. The molecule has 1 aliphatic heterocycles. The van der Waals surface area contributed by atoms with Crippen LogP contribution < -0.4 is 38.4 Å². The average Bonchev–Trinajstić information content (AvgIpc) is 3.13. The fourth-order valence-electron chi connectivity index (χ4n) is 3.20. The maximum absolute atomic E-state index is 12.7. The normalized spacial score (nSPS) is 16.0. The van der Waals surface area contributed by atoms with Crippen molar-refractivity contribution in [3.8, 4) is 0 Å². The molecule has 2 aromatic rings. The monoisotopic (exact) mass is 449 g/mol. The standard InChI is InChI=1S/C19H28ClN9O2/c1-10(8-31-9-11-4-12(21)17(22)14(5-11)28(3)23)26-19(30)15-7-25-18-13(24-2)6-16(20)27-29(15)18/h4-7,10,16,24,27H,8-9,21-23H2,1-3H3,(H,26,30). The van der Waals surface area contributed by atoms with Gasteiger partial charge in [0.25, 0.3) is 5.91 Å². The molecule has 0 saturated carbocycles. The number of amides is 1. The Balaban J connectivity index is 1.58. The summed E-state index contributed by atoms with van der Waals surface area (Å²) in [5.41, 5.74) is 17.8. The van der Waals surface area contributed by atoms with Gasteiger partial charge >= 0.3 is 0 Å². The topological polar surface area (TPSA) is 162 Å². The van der Waals surface area contributed by atoms with Gasteiger partial charge in [-0.1, -0.05) is 11.6 Å². The van der Waals surface area contributed by atoms with E-state index in [9.17, 15) is 4.79 Å². The molecule has 12 heteroatoms. The summed E-state index contributed by atoms with van der Waals surface area (Å²) in [5.74, 6) is 6.07. The van der Waals surface area contributed by atoms with Crippen molar-refractivity contribution in [2.75, 3.05) is 42.6 Å². The number of halogens is 1. The minimum atomic E-state index is -0.471.